The highest BCUT2D eigenvalue weighted by Crippen LogP contribution is 2.18. The molecule has 0 aromatic rings. The molecule has 1 aliphatic heterocycles. The molecule has 0 saturated carbocycles. The summed E-state index contributed by atoms with van der Waals surface area (Å²) in [7, 11) is 2.05. The van der Waals surface area contributed by atoms with E-state index in [0.717, 1.165) is 6.61 Å². The van der Waals surface area contributed by atoms with Gasteiger partial charge in [-0.2, -0.15) is 0 Å². The molecule has 0 amide bonds. The van der Waals surface area contributed by atoms with Gasteiger partial charge in [-0.1, -0.05) is 6.42 Å². The van der Waals surface area contributed by atoms with Gasteiger partial charge in [0.05, 0.1) is 0 Å². The second kappa shape index (κ2) is 11.8. The molecule has 1 saturated heterocycles. The molecule has 0 radical (unpaired) electrons. The van der Waals surface area contributed by atoms with E-state index in [-0.39, 0.29) is 9.76 Å². The maximum atomic E-state index is 5.47. The number of hydrogen-bond acceptors (Lipinski definition) is 8. The Hall–Kier alpha value is 0.331. The van der Waals surface area contributed by atoms with Crippen LogP contribution in [0.2, 0.25) is 6.04 Å². The first-order valence-corrected chi connectivity index (χ1v) is 11.5. The van der Waals surface area contributed by atoms with Crippen molar-refractivity contribution in [3.05, 3.63) is 0 Å². The first kappa shape index (κ1) is 21.3. The molecule has 8 nitrogen and oxygen atoms in total. The van der Waals surface area contributed by atoms with Crippen LogP contribution < -0.4 is 0 Å². The molecule has 0 bridgehead atoms. The van der Waals surface area contributed by atoms with Crippen molar-refractivity contribution in [2.45, 2.75) is 18.9 Å². The Kier molecular flexibility index (Phi) is 12.0. The molecule has 0 atom stereocenters. The predicted molar refractivity (Wildman–Crippen MR) is 83.2 cm³/mol. The van der Waals surface area contributed by atoms with Crippen LogP contribution in [0.1, 0.15) is 12.8 Å². The van der Waals surface area contributed by atoms with Crippen molar-refractivity contribution in [1.82, 2.24) is 0 Å². The maximum Gasteiger partial charge on any atom is 0.673 e. The molecule has 0 spiro atoms. The van der Waals surface area contributed by atoms with E-state index in [4.69, 9.17) is 35.1 Å². The van der Waals surface area contributed by atoms with Crippen molar-refractivity contribution in [3.8, 4) is 0 Å². The second-order valence-corrected chi connectivity index (χ2v) is 10.8. The summed E-state index contributed by atoms with van der Waals surface area (Å²) < 4.78 is 41.1. The van der Waals surface area contributed by atoms with Gasteiger partial charge in [0.1, 0.15) is 0 Å². The minimum Gasteiger partial charge on any atom is -0.424 e. The Morgan fingerprint density at radius 2 is 1.14 bits per heavy atom. The minimum atomic E-state index is -3.23. The molecule has 1 fully saturated rings. The fraction of sp³-hybridized carbons (Fsp3) is 1.00. The molecular weight excluding hydrogens is 332 g/mol. The molecule has 128 valence electrons. The zero-order valence-electron chi connectivity index (χ0n) is 13.8. The van der Waals surface area contributed by atoms with Gasteiger partial charge < -0.3 is 35.1 Å². The Morgan fingerprint density at radius 1 is 0.714 bits per heavy atom. The summed E-state index contributed by atoms with van der Waals surface area (Å²) >= 11 is 0. The van der Waals surface area contributed by atoms with E-state index in [1.807, 2.05) is 0 Å². The van der Waals surface area contributed by atoms with E-state index in [1.54, 1.807) is 0 Å². The minimum absolute atomic E-state index is 0.00849. The van der Waals surface area contributed by atoms with Gasteiger partial charge in [0.25, 0.3) is 0 Å². The van der Waals surface area contributed by atoms with Crippen molar-refractivity contribution in [3.63, 3.8) is 0 Å². The normalized spacial score (nSPS) is 17.4. The van der Waals surface area contributed by atoms with Crippen LogP contribution in [0.3, 0.4) is 0 Å². The number of hydrogen-bond donors (Lipinski definition) is 0. The van der Waals surface area contributed by atoms with Gasteiger partial charge >= 0.3 is 18.1 Å². The first-order valence-electron chi connectivity index (χ1n) is 6.66. The zero-order valence-corrected chi connectivity index (χ0v) is 17.2. The van der Waals surface area contributed by atoms with E-state index in [0.29, 0.717) is 0 Å². The molecule has 0 aromatic carbocycles. The van der Waals surface area contributed by atoms with Gasteiger partial charge in [0.15, 0.2) is 9.76 Å². The van der Waals surface area contributed by atoms with Gasteiger partial charge in [-0.15, -0.1) is 0 Å². The van der Waals surface area contributed by atoms with Crippen LogP contribution in [0.4, 0.5) is 0 Å². The second-order valence-electron chi connectivity index (χ2n) is 4.00. The summed E-state index contributed by atoms with van der Waals surface area (Å²) in [5.41, 5.74) is 0. The molecule has 0 aliphatic carbocycles. The van der Waals surface area contributed by atoms with Gasteiger partial charge in [0.2, 0.25) is 0 Å². The Bertz CT molecular complexity index is 200. The highest BCUT2D eigenvalue weighted by molar-refractivity contribution is 6.68. The molecular formula is C10H28O8Si3. The molecule has 1 heterocycles. The van der Waals surface area contributed by atoms with Gasteiger partial charge in [-0.05, 0) is 12.5 Å². The summed E-state index contributed by atoms with van der Waals surface area (Å²) in [4.78, 5) is 0. The van der Waals surface area contributed by atoms with Crippen molar-refractivity contribution >= 4 is 27.9 Å². The van der Waals surface area contributed by atoms with Gasteiger partial charge in [-0.3, -0.25) is 0 Å². The van der Waals surface area contributed by atoms with Crippen LogP contribution in [0.5, 0.6) is 0 Å². The highest BCUT2D eigenvalue weighted by atomic mass is 28.5. The lowest BCUT2D eigenvalue weighted by Crippen LogP contribution is -2.59. The van der Waals surface area contributed by atoms with E-state index in [1.165, 1.54) is 61.5 Å². The van der Waals surface area contributed by atoms with Crippen molar-refractivity contribution < 1.29 is 35.1 Å². The summed E-state index contributed by atoms with van der Waals surface area (Å²) in [5, 5.41) is 0. The lowest BCUT2D eigenvalue weighted by atomic mass is 10.4. The fourth-order valence-electron chi connectivity index (χ4n) is 1.59. The van der Waals surface area contributed by atoms with Crippen molar-refractivity contribution in [1.29, 1.82) is 0 Å². The topological polar surface area (TPSA) is 73.8 Å². The molecule has 11 heteroatoms. The average molecular weight is 361 g/mol. The largest absolute Gasteiger partial charge is 0.673 e. The van der Waals surface area contributed by atoms with Gasteiger partial charge in [-0.25, -0.2) is 0 Å². The van der Waals surface area contributed by atoms with Crippen LogP contribution in [-0.4, -0.2) is 77.1 Å². The third kappa shape index (κ3) is 7.43. The van der Waals surface area contributed by atoms with Crippen LogP contribution in [0.25, 0.3) is 0 Å². The predicted octanol–water partition coefficient (Wildman–Crippen LogP) is 0.0515. The SMILES string of the molecule is C1CC[SiH2]OC1.CO[Si](OC)(OC)O[Si](OC)(OC)OC. The Labute approximate surface area is 131 Å². The molecule has 1 rings (SSSR count). The van der Waals surface area contributed by atoms with E-state index in [9.17, 15) is 0 Å². The third-order valence-corrected chi connectivity index (χ3v) is 9.19. The maximum absolute atomic E-state index is 5.47. The number of rotatable bonds is 8. The average Bonchev–Trinajstić information content (AvgIpc) is 2.59. The van der Waals surface area contributed by atoms with E-state index < -0.39 is 18.1 Å². The van der Waals surface area contributed by atoms with Gasteiger partial charge in [0, 0.05) is 49.3 Å². The standard InChI is InChI=1S/C6H18O7Si2.C4H10OSi/c1-7-14(8-2,9-3)13-15(10-4,11-5)12-6;1-2-4-6-5-3-1/h1-6H3;1-4,6H2. The molecule has 0 aromatic heterocycles. The van der Waals surface area contributed by atoms with Crippen LogP contribution >= 0.6 is 0 Å². The molecule has 21 heavy (non-hydrogen) atoms. The lowest BCUT2D eigenvalue weighted by Gasteiger charge is -2.30. The van der Waals surface area contributed by atoms with E-state index in [2.05, 4.69) is 0 Å². The van der Waals surface area contributed by atoms with Crippen LogP contribution in [-0.2, 0) is 35.1 Å². The zero-order chi connectivity index (χ0) is 16.2. The first-order chi connectivity index (χ1) is 10.1. The van der Waals surface area contributed by atoms with Crippen molar-refractivity contribution in [2.24, 2.45) is 0 Å². The third-order valence-electron chi connectivity index (χ3n) is 2.83. The molecule has 0 N–H and O–H groups in total. The quantitative estimate of drug-likeness (QED) is 0.562. The van der Waals surface area contributed by atoms with Crippen LogP contribution in [0, 0.1) is 0 Å². The summed E-state index contributed by atoms with van der Waals surface area (Å²) in [6, 6.07) is 1.42. The van der Waals surface area contributed by atoms with Crippen molar-refractivity contribution in [2.75, 3.05) is 49.3 Å². The monoisotopic (exact) mass is 360 g/mol. The molecule has 0 unspecified atom stereocenters. The smallest absolute Gasteiger partial charge is 0.424 e. The fourth-order valence-corrected chi connectivity index (χ4v) is 6.98. The summed E-state index contributed by atoms with van der Waals surface area (Å²) in [6.07, 6.45) is 2.75. The molecule has 1 aliphatic rings. The lowest BCUT2D eigenvalue weighted by molar-refractivity contribution is -0.0254. The Balaban J connectivity index is 0.000000547. The van der Waals surface area contributed by atoms with Crippen LogP contribution in [0.15, 0.2) is 0 Å². The highest BCUT2D eigenvalue weighted by Gasteiger charge is 2.56. The van der Waals surface area contributed by atoms with E-state index >= 15 is 0 Å². The summed E-state index contributed by atoms with van der Waals surface area (Å²) in [5.74, 6) is 0. The Morgan fingerprint density at radius 3 is 1.29 bits per heavy atom. The summed E-state index contributed by atoms with van der Waals surface area (Å²) in [6.45, 7) is 1.06.